The molecule has 1 unspecified atom stereocenters. The summed E-state index contributed by atoms with van der Waals surface area (Å²) in [6.07, 6.45) is 1.70. The summed E-state index contributed by atoms with van der Waals surface area (Å²) < 4.78 is 5.22. The minimum Gasteiger partial charge on any atom is -0.480 e. The van der Waals surface area contributed by atoms with E-state index in [0.717, 1.165) is 10.9 Å². The summed E-state index contributed by atoms with van der Waals surface area (Å²) in [5.41, 5.74) is 12.8. The number of fused-ring (bicyclic) bond motifs is 1. The molecule has 3 rings (SSSR count). The molecule has 2 heterocycles. The van der Waals surface area contributed by atoms with Crippen molar-refractivity contribution in [1.29, 1.82) is 0 Å². The van der Waals surface area contributed by atoms with Crippen LogP contribution in [0.1, 0.15) is 17.3 Å². The number of nitrogens with two attached hydrogens (primary N) is 2. The number of methoxy groups -OCH3 is 1. The summed E-state index contributed by atoms with van der Waals surface area (Å²) in [6, 6.07) is 8.26. The third kappa shape index (κ3) is 4.27. The molecule has 2 aromatic heterocycles. The van der Waals surface area contributed by atoms with Crippen molar-refractivity contribution in [2.24, 2.45) is 11.5 Å². The molecule has 0 radical (unpaired) electrons. The first-order chi connectivity index (χ1) is 14.3. The molecule has 0 saturated heterocycles. The molecule has 154 valence electrons. The highest BCUT2D eigenvalue weighted by Gasteiger charge is 2.23. The summed E-state index contributed by atoms with van der Waals surface area (Å²) in [5, 5.41) is 6.74. The normalized spacial score (nSPS) is 11.5. The van der Waals surface area contributed by atoms with E-state index in [2.05, 4.69) is 32.2 Å². The second-order valence-corrected chi connectivity index (χ2v) is 6.51. The molecule has 6 N–H and O–H groups in total. The van der Waals surface area contributed by atoms with Crippen molar-refractivity contribution in [2.75, 3.05) is 17.7 Å². The van der Waals surface area contributed by atoms with Gasteiger partial charge in [-0.2, -0.15) is 9.97 Å². The molecule has 0 saturated carbocycles. The van der Waals surface area contributed by atoms with Gasteiger partial charge < -0.3 is 26.8 Å². The van der Waals surface area contributed by atoms with E-state index >= 15 is 0 Å². The molecular formula is C20H21N7O3. The number of nitrogens with one attached hydrogen (secondary N) is 2. The minimum atomic E-state index is -0.909. The maximum Gasteiger partial charge on any atom is 0.258 e. The van der Waals surface area contributed by atoms with E-state index in [4.69, 9.17) is 16.2 Å². The van der Waals surface area contributed by atoms with Crippen molar-refractivity contribution in [1.82, 2.24) is 15.0 Å². The van der Waals surface area contributed by atoms with Crippen molar-refractivity contribution in [3.8, 4) is 5.88 Å². The van der Waals surface area contributed by atoms with Gasteiger partial charge in [-0.3, -0.25) is 14.6 Å². The third-order valence-corrected chi connectivity index (χ3v) is 4.23. The van der Waals surface area contributed by atoms with Crippen LogP contribution in [0, 0.1) is 0 Å². The molecule has 0 aliphatic rings. The zero-order chi connectivity index (χ0) is 21.8. The molecule has 10 heteroatoms. The number of ether oxygens (including phenoxy) is 1. The SMILES string of the molecule is C=C(C)C(Nc1nc(Nc2ccc3ncccc3c2)c(C(N)=O)c(OC)n1)C(N)=O. The van der Waals surface area contributed by atoms with Gasteiger partial charge >= 0.3 is 0 Å². The van der Waals surface area contributed by atoms with Gasteiger partial charge in [0, 0.05) is 17.3 Å². The molecular weight excluding hydrogens is 386 g/mol. The fourth-order valence-electron chi connectivity index (χ4n) is 2.82. The Hall–Kier alpha value is -4.21. The Morgan fingerprint density at radius 3 is 2.60 bits per heavy atom. The summed E-state index contributed by atoms with van der Waals surface area (Å²) in [5.74, 6) is -1.39. The molecule has 0 bridgehead atoms. The minimum absolute atomic E-state index is 0.00797. The monoisotopic (exact) mass is 407 g/mol. The Balaban J connectivity index is 2.06. The van der Waals surface area contributed by atoms with Crippen LogP contribution in [-0.2, 0) is 4.79 Å². The average molecular weight is 407 g/mol. The smallest absolute Gasteiger partial charge is 0.258 e. The van der Waals surface area contributed by atoms with Gasteiger partial charge in [-0.15, -0.1) is 0 Å². The van der Waals surface area contributed by atoms with E-state index in [1.807, 2.05) is 24.3 Å². The number of anilines is 3. The molecule has 10 nitrogen and oxygen atoms in total. The Bertz CT molecular complexity index is 1130. The maximum absolute atomic E-state index is 12.1. The lowest BCUT2D eigenvalue weighted by molar-refractivity contribution is -0.118. The number of amides is 2. The number of hydrogen-bond donors (Lipinski definition) is 4. The quantitative estimate of drug-likeness (QED) is 0.411. The fraction of sp³-hybridized carbons (Fsp3) is 0.150. The summed E-state index contributed by atoms with van der Waals surface area (Å²) in [7, 11) is 1.34. The molecule has 3 aromatic rings. The first kappa shape index (κ1) is 20.5. The second-order valence-electron chi connectivity index (χ2n) is 6.51. The van der Waals surface area contributed by atoms with E-state index in [1.54, 1.807) is 19.2 Å². The zero-order valence-electron chi connectivity index (χ0n) is 16.5. The van der Waals surface area contributed by atoms with E-state index in [1.165, 1.54) is 7.11 Å². The molecule has 0 aliphatic carbocycles. The van der Waals surface area contributed by atoms with E-state index in [9.17, 15) is 9.59 Å². The van der Waals surface area contributed by atoms with Crippen LogP contribution in [0.15, 0.2) is 48.7 Å². The number of carbonyl (C=O) groups excluding carboxylic acids is 2. The number of carbonyl (C=O) groups is 2. The first-order valence-corrected chi connectivity index (χ1v) is 8.89. The summed E-state index contributed by atoms with van der Waals surface area (Å²) in [6.45, 7) is 5.37. The van der Waals surface area contributed by atoms with Gasteiger partial charge in [-0.25, -0.2) is 0 Å². The number of rotatable bonds is 8. The van der Waals surface area contributed by atoms with Gasteiger partial charge in [0.25, 0.3) is 5.91 Å². The number of benzene rings is 1. The highest BCUT2D eigenvalue weighted by atomic mass is 16.5. The molecule has 0 spiro atoms. The van der Waals surface area contributed by atoms with Crippen molar-refractivity contribution in [3.63, 3.8) is 0 Å². The average Bonchev–Trinajstić information content (AvgIpc) is 2.70. The van der Waals surface area contributed by atoms with Crippen molar-refractivity contribution in [3.05, 3.63) is 54.2 Å². The standard InChI is InChI=1S/C20H21N7O3/c1-10(2)15(17(22)29)25-20-26-18(14(16(21)28)19(27-20)30-3)24-12-6-7-13-11(9-12)5-4-8-23-13/h4-9,15H,1H2,2-3H3,(H2,21,28)(H2,22,29)(H2,24,25,26,27). The number of nitrogens with zero attached hydrogens (tertiary/aromatic N) is 3. The van der Waals surface area contributed by atoms with Gasteiger partial charge in [0.05, 0.1) is 12.6 Å². The summed E-state index contributed by atoms with van der Waals surface area (Å²) >= 11 is 0. The molecule has 30 heavy (non-hydrogen) atoms. The Morgan fingerprint density at radius 1 is 1.20 bits per heavy atom. The lowest BCUT2D eigenvalue weighted by Crippen LogP contribution is -2.36. The lowest BCUT2D eigenvalue weighted by atomic mass is 10.1. The van der Waals surface area contributed by atoms with E-state index in [0.29, 0.717) is 11.3 Å². The molecule has 1 atom stereocenters. The fourth-order valence-corrected chi connectivity index (χ4v) is 2.82. The van der Waals surface area contributed by atoms with Crippen LogP contribution in [0.3, 0.4) is 0 Å². The molecule has 0 aliphatic heterocycles. The maximum atomic E-state index is 12.1. The first-order valence-electron chi connectivity index (χ1n) is 8.89. The lowest BCUT2D eigenvalue weighted by Gasteiger charge is -2.18. The predicted molar refractivity (Wildman–Crippen MR) is 114 cm³/mol. The van der Waals surface area contributed by atoms with Crippen LogP contribution < -0.4 is 26.8 Å². The van der Waals surface area contributed by atoms with Crippen LogP contribution in [0.2, 0.25) is 0 Å². The van der Waals surface area contributed by atoms with Gasteiger partial charge in [-0.1, -0.05) is 12.6 Å². The van der Waals surface area contributed by atoms with Gasteiger partial charge in [0.2, 0.25) is 17.7 Å². The van der Waals surface area contributed by atoms with Gasteiger partial charge in [-0.05, 0) is 36.8 Å². The van der Waals surface area contributed by atoms with Crippen molar-refractivity contribution in [2.45, 2.75) is 13.0 Å². The second kappa shape index (κ2) is 8.43. The Labute approximate surface area is 172 Å². The van der Waals surface area contributed by atoms with Gasteiger partial charge in [0.15, 0.2) is 5.82 Å². The molecule has 1 aromatic carbocycles. The number of hydrogen-bond acceptors (Lipinski definition) is 8. The number of primary amides is 2. The number of aromatic nitrogens is 3. The number of pyridine rings is 1. The van der Waals surface area contributed by atoms with Crippen LogP contribution in [-0.4, -0.2) is 39.9 Å². The largest absolute Gasteiger partial charge is 0.480 e. The predicted octanol–water partition coefficient (Wildman–Crippen LogP) is 1.72. The van der Waals surface area contributed by atoms with E-state index in [-0.39, 0.29) is 23.2 Å². The highest BCUT2D eigenvalue weighted by molar-refractivity contribution is 6.01. The van der Waals surface area contributed by atoms with Crippen LogP contribution in [0.25, 0.3) is 10.9 Å². The highest BCUT2D eigenvalue weighted by Crippen LogP contribution is 2.28. The van der Waals surface area contributed by atoms with Crippen LogP contribution in [0.5, 0.6) is 5.88 Å². The van der Waals surface area contributed by atoms with Crippen molar-refractivity contribution < 1.29 is 14.3 Å². The Morgan fingerprint density at radius 2 is 1.97 bits per heavy atom. The molecule has 2 amide bonds. The topological polar surface area (TPSA) is 158 Å². The molecule has 0 fully saturated rings. The van der Waals surface area contributed by atoms with Crippen LogP contribution >= 0.6 is 0 Å². The zero-order valence-corrected chi connectivity index (χ0v) is 16.5. The van der Waals surface area contributed by atoms with Crippen molar-refractivity contribution >= 4 is 40.2 Å². The van der Waals surface area contributed by atoms with Gasteiger partial charge in [0.1, 0.15) is 11.6 Å². The Kier molecular flexibility index (Phi) is 5.77. The van der Waals surface area contributed by atoms with Crippen LogP contribution in [0.4, 0.5) is 17.5 Å². The van der Waals surface area contributed by atoms with E-state index < -0.39 is 17.9 Å². The summed E-state index contributed by atoms with van der Waals surface area (Å²) in [4.78, 5) is 36.5. The third-order valence-electron chi connectivity index (χ3n) is 4.23.